The lowest BCUT2D eigenvalue weighted by atomic mass is 10.4. The third-order valence-corrected chi connectivity index (χ3v) is 2.93. The second-order valence-electron chi connectivity index (χ2n) is 4.05. The molecule has 1 atom stereocenters. The van der Waals surface area contributed by atoms with Gasteiger partial charge < -0.3 is 28.0 Å². The van der Waals surface area contributed by atoms with E-state index in [2.05, 4.69) is 14.0 Å². The van der Waals surface area contributed by atoms with E-state index < -0.39 is 11.4 Å². The molecule has 0 amide bonds. The van der Waals surface area contributed by atoms with Gasteiger partial charge in [0.2, 0.25) is 0 Å². The summed E-state index contributed by atoms with van der Waals surface area (Å²) in [5, 5.41) is 0. The monoisotopic (exact) mass is 293 g/mol. The minimum Gasteiger partial charge on any atom is -0.750 e. The van der Waals surface area contributed by atoms with Crippen LogP contribution >= 0.6 is 0 Å². The third kappa shape index (κ3) is 8.17. The molecule has 0 radical (unpaired) electrons. The van der Waals surface area contributed by atoms with Crippen LogP contribution in [0.2, 0.25) is 0 Å². The Labute approximate surface area is 116 Å². The fraction of sp³-hybridized carbons (Fsp3) is 0.818. The molecule has 0 spiro atoms. The first kappa shape index (κ1) is 16.4. The quantitative estimate of drug-likeness (QED) is 0.389. The van der Waals surface area contributed by atoms with Gasteiger partial charge in [0.25, 0.3) is 0 Å². The summed E-state index contributed by atoms with van der Waals surface area (Å²) in [6.07, 6.45) is 4.67. The molecule has 0 N–H and O–H groups in total. The fourth-order valence-electron chi connectivity index (χ4n) is 1.63. The van der Waals surface area contributed by atoms with Gasteiger partial charge in [0, 0.05) is 32.6 Å². The SMILES string of the molecule is COCCOCCN1C=CN(CCCOS(=O)[O-])C1. The summed E-state index contributed by atoms with van der Waals surface area (Å²) in [7, 11) is 1.65. The number of methoxy groups -OCH3 is 1. The van der Waals surface area contributed by atoms with Crippen molar-refractivity contribution < 1.29 is 22.4 Å². The molecule has 19 heavy (non-hydrogen) atoms. The van der Waals surface area contributed by atoms with E-state index in [1.165, 1.54) is 0 Å². The Morgan fingerprint density at radius 2 is 1.89 bits per heavy atom. The largest absolute Gasteiger partial charge is 0.750 e. The second-order valence-corrected chi connectivity index (χ2v) is 4.69. The third-order valence-electron chi connectivity index (χ3n) is 2.58. The van der Waals surface area contributed by atoms with Crippen LogP contribution in [0.4, 0.5) is 0 Å². The molecule has 0 aliphatic carbocycles. The van der Waals surface area contributed by atoms with Gasteiger partial charge in [-0.05, 0) is 6.42 Å². The van der Waals surface area contributed by atoms with Gasteiger partial charge in [0.1, 0.15) is 0 Å². The van der Waals surface area contributed by atoms with Gasteiger partial charge in [0.15, 0.2) is 0 Å². The van der Waals surface area contributed by atoms with Crippen LogP contribution in [-0.2, 0) is 25.0 Å². The lowest BCUT2D eigenvalue weighted by molar-refractivity contribution is 0.0607. The highest BCUT2D eigenvalue weighted by atomic mass is 32.2. The standard InChI is InChI=1S/C11H22N2O5S/c1-16-9-10-17-8-6-13-5-4-12(11-13)3-2-7-18-19(14)15/h4-5H,2-3,6-11H2,1H3,(H,14,15)/p-1. The van der Waals surface area contributed by atoms with Crippen molar-refractivity contribution in [2.45, 2.75) is 6.42 Å². The van der Waals surface area contributed by atoms with E-state index in [1.54, 1.807) is 7.11 Å². The molecule has 1 unspecified atom stereocenters. The Morgan fingerprint density at radius 3 is 2.58 bits per heavy atom. The molecule has 0 saturated carbocycles. The van der Waals surface area contributed by atoms with E-state index in [0.29, 0.717) is 26.2 Å². The lowest BCUT2D eigenvalue weighted by Crippen LogP contribution is -2.29. The Bertz CT molecular complexity index is 290. The zero-order chi connectivity index (χ0) is 13.9. The average molecular weight is 293 g/mol. The van der Waals surface area contributed by atoms with E-state index >= 15 is 0 Å². The summed E-state index contributed by atoms with van der Waals surface area (Å²) in [4.78, 5) is 4.24. The molecule has 0 saturated heterocycles. The van der Waals surface area contributed by atoms with Crippen molar-refractivity contribution in [1.82, 2.24) is 9.80 Å². The second kappa shape index (κ2) is 10.2. The van der Waals surface area contributed by atoms with Gasteiger partial charge in [-0.25, -0.2) is 4.21 Å². The van der Waals surface area contributed by atoms with Gasteiger partial charge in [-0.3, -0.25) is 0 Å². The predicted octanol–water partition coefficient (Wildman–Crippen LogP) is -0.103. The molecule has 1 aliphatic heterocycles. The summed E-state index contributed by atoms with van der Waals surface area (Å²) in [5.41, 5.74) is 0. The van der Waals surface area contributed by atoms with Crippen LogP contribution in [0.1, 0.15) is 6.42 Å². The van der Waals surface area contributed by atoms with Crippen molar-refractivity contribution >= 4 is 11.4 Å². The number of hydrogen-bond acceptors (Lipinski definition) is 7. The maximum Gasteiger partial charge on any atom is 0.0894 e. The van der Waals surface area contributed by atoms with Crippen molar-refractivity contribution in [3.05, 3.63) is 12.4 Å². The van der Waals surface area contributed by atoms with Crippen LogP contribution in [0.5, 0.6) is 0 Å². The minimum atomic E-state index is -2.41. The lowest BCUT2D eigenvalue weighted by Gasteiger charge is -2.21. The molecular weight excluding hydrogens is 272 g/mol. The van der Waals surface area contributed by atoms with E-state index in [1.807, 2.05) is 12.4 Å². The van der Waals surface area contributed by atoms with Crippen molar-refractivity contribution in [3.63, 3.8) is 0 Å². The van der Waals surface area contributed by atoms with Crippen LogP contribution in [0, 0.1) is 0 Å². The van der Waals surface area contributed by atoms with Gasteiger partial charge >= 0.3 is 0 Å². The zero-order valence-electron chi connectivity index (χ0n) is 11.2. The minimum absolute atomic E-state index is 0.223. The fourth-order valence-corrected chi connectivity index (χ4v) is 1.88. The molecule has 0 aromatic rings. The molecule has 1 rings (SSSR count). The highest BCUT2D eigenvalue weighted by molar-refractivity contribution is 7.74. The number of rotatable bonds is 11. The molecule has 0 fully saturated rings. The Hall–Kier alpha value is -0.670. The zero-order valence-corrected chi connectivity index (χ0v) is 12.0. The van der Waals surface area contributed by atoms with Crippen LogP contribution in [-0.4, -0.2) is 71.9 Å². The number of nitrogens with zero attached hydrogens (tertiary/aromatic N) is 2. The molecular formula is C11H21N2O5S-. The molecule has 0 bridgehead atoms. The maximum absolute atomic E-state index is 10.2. The normalized spacial score (nSPS) is 16.3. The number of hydrogen-bond donors (Lipinski definition) is 0. The predicted molar refractivity (Wildman–Crippen MR) is 69.6 cm³/mol. The van der Waals surface area contributed by atoms with Crippen LogP contribution in [0.3, 0.4) is 0 Å². The van der Waals surface area contributed by atoms with Gasteiger partial charge in [0.05, 0.1) is 44.5 Å². The van der Waals surface area contributed by atoms with Crippen molar-refractivity contribution in [2.75, 3.05) is 53.3 Å². The smallest absolute Gasteiger partial charge is 0.0894 e. The van der Waals surface area contributed by atoms with Crippen molar-refractivity contribution in [2.24, 2.45) is 0 Å². The summed E-state index contributed by atoms with van der Waals surface area (Å²) in [6.45, 7) is 4.52. The Kier molecular flexibility index (Phi) is 8.76. The summed E-state index contributed by atoms with van der Waals surface area (Å²) >= 11 is -2.41. The van der Waals surface area contributed by atoms with Crippen molar-refractivity contribution in [3.8, 4) is 0 Å². The van der Waals surface area contributed by atoms with Gasteiger partial charge in [-0.2, -0.15) is 0 Å². The van der Waals surface area contributed by atoms with E-state index in [9.17, 15) is 8.76 Å². The molecule has 1 aliphatic rings. The van der Waals surface area contributed by atoms with Gasteiger partial charge in [-0.15, -0.1) is 0 Å². The summed E-state index contributed by atoms with van der Waals surface area (Å²) < 4.78 is 35.0. The van der Waals surface area contributed by atoms with Crippen molar-refractivity contribution in [1.29, 1.82) is 0 Å². The average Bonchev–Trinajstić information content (AvgIpc) is 2.82. The first-order valence-corrected chi connectivity index (χ1v) is 7.18. The Morgan fingerprint density at radius 1 is 1.16 bits per heavy atom. The van der Waals surface area contributed by atoms with Crippen LogP contribution in [0.25, 0.3) is 0 Å². The molecule has 0 aromatic carbocycles. The van der Waals surface area contributed by atoms with E-state index in [0.717, 1.165) is 19.8 Å². The first-order valence-electron chi connectivity index (χ1n) is 6.18. The topological polar surface area (TPSA) is 74.3 Å². The highest BCUT2D eigenvalue weighted by Gasteiger charge is 2.11. The summed E-state index contributed by atoms with van der Waals surface area (Å²) in [6, 6.07) is 0. The maximum atomic E-state index is 10.2. The molecule has 0 aromatic heterocycles. The molecule has 1 heterocycles. The van der Waals surface area contributed by atoms with E-state index in [4.69, 9.17) is 9.47 Å². The van der Waals surface area contributed by atoms with Crippen LogP contribution < -0.4 is 0 Å². The molecule has 8 heteroatoms. The number of ether oxygens (including phenoxy) is 2. The Balaban J connectivity index is 1.97. The van der Waals surface area contributed by atoms with Crippen LogP contribution in [0.15, 0.2) is 12.4 Å². The first-order chi connectivity index (χ1) is 9.22. The van der Waals surface area contributed by atoms with Gasteiger partial charge in [-0.1, -0.05) is 0 Å². The molecule has 7 nitrogen and oxygen atoms in total. The highest BCUT2D eigenvalue weighted by Crippen LogP contribution is 2.06. The summed E-state index contributed by atoms with van der Waals surface area (Å²) in [5.74, 6) is 0. The molecule has 112 valence electrons. The van der Waals surface area contributed by atoms with E-state index in [-0.39, 0.29) is 6.61 Å².